The highest BCUT2D eigenvalue weighted by Crippen LogP contribution is 2.13. The molecule has 0 amide bonds. The first-order valence-electron chi connectivity index (χ1n) is 12.2. The van der Waals surface area contributed by atoms with Gasteiger partial charge in [0.15, 0.2) is 0 Å². The van der Waals surface area contributed by atoms with E-state index >= 15 is 0 Å². The molecule has 0 bridgehead atoms. The summed E-state index contributed by atoms with van der Waals surface area (Å²) >= 11 is 0. The summed E-state index contributed by atoms with van der Waals surface area (Å²) in [5.41, 5.74) is -0.380. The molecule has 182 valence electrons. The summed E-state index contributed by atoms with van der Waals surface area (Å²) < 4.78 is 0. The van der Waals surface area contributed by atoms with Gasteiger partial charge in [-0.25, -0.2) is 9.59 Å². The highest BCUT2D eigenvalue weighted by atomic mass is 16.4. The number of aromatic carboxylic acids is 2. The highest BCUT2D eigenvalue weighted by molar-refractivity contribution is 6.01. The lowest BCUT2D eigenvalue weighted by Crippen LogP contribution is -2.06. The number of benzene rings is 1. The van der Waals surface area contributed by atoms with Gasteiger partial charge in [0.25, 0.3) is 0 Å². The van der Waals surface area contributed by atoms with Gasteiger partial charge in [0, 0.05) is 6.42 Å². The molecule has 0 saturated carbocycles. The number of carboxylic acids is 3. The molecule has 0 saturated heterocycles. The summed E-state index contributed by atoms with van der Waals surface area (Å²) in [5, 5.41) is 25.6. The second kappa shape index (κ2) is 20.5. The zero-order valence-corrected chi connectivity index (χ0v) is 19.7. The maximum atomic E-state index is 10.5. The van der Waals surface area contributed by atoms with E-state index < -0.39 is 17.9 Å². The van der Waals surface area contributed by atoms with E-state index in [1.54, 1.807) is 0 Å². The van der Waals surface area contributed by atoms with Crippen LogP contribution in [0.2, 0.25) is 0 Å². The molecule has 32 heavy (non-hydrogen) atoms. The first-order valence-corrected chi connectivity index (χ1v) is 12.2. The summed E-state index contributed by atoms with van der Waals surface area (Å²) in [6.07, 6.45) is 20.2. The van der Waals surface area contributed by atoms with Crippen LogP contribution in [0.15, 0.2) is 24.3 Å². The molecule has 0 unspecified atom stereocenters. The van der Waals surface area contributed by atoms with E-state index in [0.717, 1.165) is 12.8 Å². The van der Waals surface area contributed by atoms with Gasteiger partial charge >= 0.3 is 17.9 Å². The summed E-state index contributed by atoms with van der Waals surface area (Å²) in [6.45, 7) is 2.27. The molecular formula is C26H42O6. The SMILES string of the molecule is CCCCCCCCCCCCCCCCCC(=O)O.O=C(O)c1ccccc1C(=O)O. The number of unbranched alkanes of at least 4 members (excludes halogenated alkanes) is 14. The lowest BCUT2D eigenvalue weighted by atomic mass is 10.0. The Kier molecular flexibility index (Phi) is 19.0. The van der Waals surface area contributed by atoms with Crippen molar-refractivity contribution in [1.29, 1.82) is 0 Å². The van der Waals surface area contributed by atoms with Gasteiger partial charge in [0.05, 0.1) is 11.1 Å². The maximum Gasteiger partial charge on any atom is 0.336 e. The average molecular weight is 451 g/mol. The molecule has 0 heterocycles. The minimum Gasteiger partial charge on any atom is -0.481 e. The molecule has 0 aliphatic heterocycles. The third kappa shape index (κ3) is 17.3. The fourth-order valence-corrected chi connectivity index (χ4v) is 3.50. The monoisotopic (exact) mass is 450 g/mol. The van der Waals surface area contributed by atoms with E-state index in [-0.39, 0.29) is 11.1 Å². The van der Waals surface area contributed by atoms with Gasteiger partial charge in [0.1, 0.15) is 0 Å². The van der Waals surface area contributed by atoms with Gasteiger partial charge in [-0.15, -0.1) is 0 Å². The Balaban J connectivity index is 0.000000677. The van der Waals surface area contributed by atoms with Crippen LogP contribution in [0.5, 0.6) is 0 Å². The van der Waals surface area contributed by atoms with E-state index in [1.165, 1.54) is 108 Å². The third-order valence-corrected chi connectivity index (χ3v) is 5.38. The van der Waals surface area contributed by atoms with E-state index in [4.69, 9.17) is 15.3 Å². The molecule has 1 aromatic rings. The van der Waals surface area contributed by atoms with Gasteiger partial charge in [-0.1, -0.05) is 109 Å². The van der Waals surface area contributed by atoms with Crippen molar-refractivity contribution >= 4 is 17.9 Å². The van der Waals surface area contributed by atoms with Crippen molar-refractivity contribution < 1.29 is 29.7 Å². The van der Waals surface area contributed by atoms with Crippen LogP contribution >= 0.6 is 0 Å². The van der Waals surface area contributed by atoms with Crippen molar-refractivity contribution in [3.05, 3.63) is 35.4 Å². The molecule has 0 spiro atoms. The summed E-state index contributed by atoms with van der Waals surface area (Å²) in [6, 6.07) is 5.48. The molecular weight excluding hydrogens is 408 g/mol. The number of carboxylic acid groups (broad SMARTS) is 3. The van der Waals surface area contributed by atoms with Crippen molar-refractivity contribution in [1.82, 2.24) is 0 Å². The minimum atomic E-state index is -1.23. The molecule has 6 heteroatoms. The van der Waals surface area contributed by atoms with Gasteiger partial charge < -0.3 is 15.3 Å². The molecule has 0 fully saturated rings. The fourth-order valence-electron chi connectivity index (χ4n) is 3.50. The number of carbonyl (C=O) groups is 3. The van der Waals surface area contributed by atoms with Crippen molar-refractivity contribution in [2.75, 3.05) is 0 Å². The van der Waals surface area contributed by atoms with Crippen LogP contribution in [0.3, 0.4) is 0 Å². The number of hydrogen-bond acceptors (Lipinski definition) is 3. The van der Waals surface area contributed by atoms with Crippen LogP contribution in [-0.2, 0) is 4.79 Å². The van der Waals surface area contributed by atoms with E-state index in [2.05, 4.69) is 6.92 Å². The Morgan fingerprint density at radius 2 is 0.875 bits per heavy atom. The first kappa shape index (κ1) is 29.6. The smallest absolute Gasteiger partial charge is 0.336 e. The highest BCUT2D eigenvalue weighted by Gasteiger charge is 2.13. The summed E-state index contributed by atoms with van der Waals surface area (Å²) in [7, 11) is 0. The first-order chi connectivity index (χ1) is 15.4. The second-order valence-electron chi connectivity index (χ2n) is 8.25. The molecule has 0 aromatic heterocycles. The lowest BCUT2D eigenvalue weighted by molar-refractivity contribution is -0.137. The van der Waals surface area contributed by atoms with Gasteiger partial charge in [-0.05, 0) is 18.6 Å². The largest absolute Gasteiger partial charge is 0.481 e. The Hall–Kier alpha value is -2.37. The molecule has 0 aliphatic rings. The molecule has 3 N–H and O–H groups in total. The van der Waals surface area contributed by atoms with Crippen LogP contribution in [-0.4, -0.2) is 33.2 Å². The number of rotatable bonds is 18. The number of aliphatic carboxylic acids is 1. The zero-order valence-electron chi connectivity index (χ0n) is 19.7. The van der Waals surface area contributed by atoms with Gasteiger partial charge in [-0.2, -0.15) is 0 Å². The Labute approximate surface area is 193 Å². The Morgan fingerprint density at radius 3 is 1.16 bits per heavy atom. The van der Waals surface area contributed by atoms with Gasteiger partial charge in [-0.3, -0.25) is 4.79 Å². The second-order valence-corrected chi connectivity index (χ2v) is 8.25. The standard InChI is InChI=1S/C18H36O2.C8H6O4/c1-2-3-4-5-6-7-8-9-10-11-12-13-14-15-16-17-18(19)20;9-7(10)5-3-1-2-4-6(5)8(11)12/h2-17H2,1H3,(H,19,20);1-4H,(H,9,10)(H,11,12). The van der Waals surface area contributed by atoms with Crippen LogP contribution in [0.4, 0.5) is 0 Å². The topological polar surface area (TPSA) is 112 Å². The Morgan fingerprint density at radius 1 is 0.562 bits per heavy atom. The average Bonchev–Trinajstić information content (AvgIpc) is 2.76. The molecule has 1 rings (SSSR count). The molecule has 0 atom stereocenters. The molecule has 0 aliphatic carbocycles. The van der Waals surface area contributed by atoms with Crippen LogP contribution in [0.1, 0.15) is 130 Å². The van der Waals surface area contributed by atoms with Crippen LogP contribution in [0, 0.1) is 0 Å². The minimum absolute atomic E-state index is 0.190. The normalized spacial score (nSPS) is 10.3. The van der Waals surface area contributed by atoms with Crippen molar-refractivity contribution in [2.45, 2.75) is 110 Å². The predicted octanol–water partition coefficient (Wildman–Crippen LogP) is 7.42. The molecule has 0 radical (unpaired) electrons. The fraction of sp³-hybridized carbons (Fsp3) is 0.654. The molecule has 6 nitrogen and oxygen atoms in total. The Bertz CT molecular complexity index is 608. The van der Waals surface area contributed by atoms with E-state index in [0.29, 0.717) is 6.42 Å². The maximum absolute atomic E-state index is 10.5. The van der Waals surface area contributed by atoms with Crippen molar-refractivity contribution in [3.8, 4) is 0 Å². The van der Waals surface area contributed by atoms with E-state index in [1.807, 2.05) is 0 Å². The predicted molar refractivity (Wildman–Crippen MR) is 128 cm³/mol. The van der Waals surface area contributed by atoms with Crippen molar-refractivity contribution in [2.24, 2.45) is 0 Å². The summed E-state index contributed by atoms with van der Waals surface area (Å²) in [4.78, 5) is 31.3. The third-order valence-electron chi connectivity index (χ3n) is 5.38. The van der Waals surface area contributed by atoms with Crippen molar-refractivity contribution in [3.63, 3.8) is 0 Å². The number of hydrogen-bond donors (Lipinski definition) is 3. The quantitative estimate of drug-likeness (QED) is 0.201. The summed E-state index contributed by atoms with van der Waals surface area (Å²) in [5.74, 6) is -3.11. The van der Waals surface area contributed by atoms with E-state index in [9.17, 15) is 14.4 Å². The zero-order chi connectivity index (χ0) is 24.0. The van der Waals surface area contributed by atoms with Gasteiger partial charge in [0.2, 0.25) is 0 Å². The van der Waals surface area contributed by atoms with Crippen LogP contribution in [0.25, 0.3) is 0 Å². The molecule has 1 aromatic carbocycles. The lowest BCUT2D eigenvalue weighted by Gasteiger charge is -2.03. The van der Waals surface area contributed by atoms with Crippen LogP contribution < -0.4 is 0 Å².